The lowest BCUT2D eigenvalue weighted by molar-refractivity contribution is 0.369. The number of aryl methyl sites for hydroxylation is 1. The van der Waals surface area contributed by atoms with Crippen molar-refractivity contribution in [1.29, 1.82) is 0 Å². The third-order valence-electron chi connectivity index (χ3n) is 3.21. The van der Waals surface area contributed by atoms with Crippen LogP contribution in [0, 0.1) is 0 Å². The molecule has 19 heavy (non-hydrogen) atoms. The molecule has 0 bridgehead atoms. The third-order valence-corrected chi connectivity index (χ3v) is 3.21. The third kappa shape index (κ3) is 2.86. The molecule has 0 aliphatic heterocycles. The van der Waals surface area contributed by atoms with Crippen molar-refractivity contribution in [1.82, 2.24) is 15.0 Å². The van der Waals surface area contributed by atoms with E-state index < -0.39 is 0 Å². The van der Waals surface area contributed by atoms with E-state index in [0.717, 1.165) is 24.2 Å². The molecule has 2 rings (SSSR count). The maximum Gasteiger partial charge on any atom is 0.161 e. The topological polar surface area (TPSA) is 60.2 Å². The number of nitrogens with zero attached hydrogens (tertiary/aromatic N) is 3. The van der Waals surface area contributed by atoms with Gasteiger partial charge in [-0.05, 0) is 25.3 Å². The second kappa shape index (κ2) is 5.73. The van der Waals surface area contributed by atoms with E-state index in [4.69, 9.17) is 4.74 Å². The first-order valence-electron chi connectivity index (χ1n) is 6.40. The van der Waals surface area contributed by atoms with Crippen LogP contribution in [0.3, 0.4) is 0 Å². The largest absolute Gasteiger partial charge is 0.504 e. The first-order valence-corrected chi connectivity index (χ1v) is 6.40. The summed E-state index contributed by atoms with van der Waals surface area (Å²) in [5, 5.41) is 18.3. The molecule has 0 aliphatic carbocycles. The minimum absolute atomic E-state index is 0.150. The standard InChI is InChI=1S/C14H19N3O2/c1-4-17-9-11(15-16-17)8-10(2)12-6-5-7-13(19-3)14(12)18/h5-7,9-10,18H,4,8H2,1-3H3. The van der Waals surface area contributed by atoms with Gasteiger partial charge in [0, 0.05) is 18.3 Å². The highest BCUT2D eigenvalue weighted by molar-refractivity contribution is 5.47. The fourth-order valence-corrected chi connectivity index (χ4v) is 2.11. The summed E-state index contributed by atoms with van der Waals surface area (Å²) >= 11 is 0. The summed E-state index contributed by atoms with van der Waals surface area (Å²) in [6.07, 6.45) is 2.68. The van der Waals surface area contributed by atoms with Gasteiger partial charge in [0.15, 0.2) is 11.5 Å². The van der Waals surface area contributed by atoms with E-state index in [-0.39, 0.29) is 11.7 Å². The number of phenolic OH excluding ortho intramolecular Hbond substituents is 1. The SMILES string of the molecule is CCn1cc(CC(C)c2cccc(OC)c2O)nn1. The lowest BCUT2D eigenvalue weighted by Gasteiger charge is -2.14. The number of rotatable bonds is 5. The Morgan fingerprint density at radius 3 is 2.84 bits per heavy atom. The number of methoxy groups -OCH3 is 1. The number of ether oxygens (including phenoxy) is 1. The maximum absolute atomic E-state index is 10.1. The summed E-state index contributed by atoms with van der Waals surface area (Å²) in [5.74, 6) is 0.860. The Hall–Kier alpha value is -2.04. The molecule has 0 amide bonds. The molecule has 1 atom stereocenters. The zero-order valence-electron chi connectivity index (χ0n) is 11.5. The second-order valence-electron chi connectivity index (χ2n) is 4.57. The van der Waals surface area contributed by atoms with Crippen LogP contribution in [0.25, 0.3) is 0 Å². The number of phenols is 1. The molecule has 0 radical (unpaired) electrons. The number of para-hydroxylation sites is 1. The number of hydrogen-bond acceptors (Lipinski definition) is 4. The van der Waals surface area contributed by atoms with Crippen LogP contribution in [0.2, 0.25) is 0 Å². The van der Waals surface area contributed by atoms with Crippen LogP contribution in [0.15, 0.2) is 24.4 Å². The van der Waals surface area contributed by atoms with Crippen molar-refractivity contribution >= 4 is 0 Å². The predicted molar refractivity (Wildman–Crippen MR) is 72.5 cm³/mol. The fourth-order valence-electron chi connectivity index (χ4n) is 2.11. The van der Waals surface area contributed by atoms with Gasteiger partial charge in [-0.2, -0.15) is 0 Å². The Kier molecular flexibility index (Phi) is 4.04. The zero-order chi connectivity index (χ0) is 13.8. The Morgan fingerprint density at radius 2 is 2.21 bits per heavy atom. The molecule has 1 aromatic heterocycles. The van der Waals surface area contributed by atoms with Crippen LogP contribution in [-0.2, 0) is 13.0 Å². The average Bonchev–Trinajstić information content (AvgIpc) is 2.86. The van der Waals surface area contributed by atoms with E-state index >= 15 is 0 Å². The summed E-state index contributed by atoms with van der Waals surface area (Å²) in [5.41, 5.74) is 1.79. The Morgan fingerprint density at radius 1 is 1.42 bits per heavy atom. The molecule has 2 aromatic rings. The van der Waals surface area contributed by atoms with Gasteiger partial charge in [0.05, 0.1) is 12.8 Å². The van der Waals surface area contributed by atoms with Crippen molar-refractivity contribution in [2.45, 2.75) is 32.7 Å². The fraction of sp³-hybridized carbons (Fsp3) is 0.429. The van der Waals surface area contributed by atoms with Gasteiger partial charge in [-0.15, -0.1) is 5.10 Å². The van der Waals surface area contributed by atoms with E-state index in [1.807, 2.05) is 25.3 Å². The molecule has 0 spiro atoms. The zero-order valence-corrected chi connectivity index (χ0v) is 11.5. The maximum atomic E-state index is 10.1. The number of aromatic hydroxyl groups is 1. The highest BCUT2D eigenvalue weighted by Crippen LogP contribution is 2.35. The van der Waals surface area contributed by atoms with E-state index in [1.165, 1.54) is 0 Å². The van der Waals surface area contributed by atoms with Gasteiger partial charge < -0.3 is 9.84 Å². The van der Waals surface area contributed by atoms with Crippen LogP contribution in [0.1, 0.15) is 31.0 Å². The summed E-state index contributed by atoms with van der Waals surface area (Å²) in [4.78, 5) is 0. The lowest BCUT2D eigenvalue weighted by Crippen LogP contribution is -2.00. The van der Waals surface area contributed by atoms with Gasteiger partial charge in [-0.3, -0.25) is 4.68 Å². The quantitative estimate of drug-likeness (QED) is 0.897. The van der Waals surface area contributed by atoms with Gasteiger partial charge >= 0.3 is 0 Å². The molecule has 1 aromatic carbocycles. The van der Waals surface area contributed by atoms with E-state index in [2.05, 4.69) is 17.2 Å². The Bertz CT molecular complexity index is 551. The molecular formula is C14H19N3O2. The lowest BCUT2D eigenvalue weighted by atomic mass is 9.95. The first kappa shape index (κ1) is 13.4. The van der Waals surface area contributed by atoms with Crippen molar-refractivity contribution in [2.24, 2.45) is 0 Å². The molecule has 102 valence electrons. The van der Waals surface area contributed by atoms with E-state index in [9.17, 15) is 5.11 Å². The van der Waals surface area contributed by atoms with Crippen LogP contribution in [0.4, 0.5) is 0 Å². The summed E-state index contributed by atoms with van der Waals surface area (Å²) < 4.78 is 6.92. The summed E-state index contributed by atoms with van der Waals surface area (Å²) in [7, 11) is 1.55. The normalized spacial score (nSPS) is 12.4. The van der Waals surface area contributed by atoms with Gasteiger partial charge in [-0.25, -0.2) is 0 Å². The van der Waals surface area contributed by atoms with Crippen molar-refractivity contribution < 1.29 is 9.84 Å². The number of hydrogen-bond donors (Lipinski definition) is 1. The van der Waals surface area contributed by atoms with Crippen LogP contribution >= 0.6 is 0 Å². The van der Waals surface area contributed by atoms with Gasteiger partial charge in [0.2, 0.25) is 0 Å². The Labute approximate surface area is 112 Å². The molecule has 0 fully saturated rings. The molecular weight excluding hydrogens is 242 g/mol. The van der Waals surface area contributed by atoms with Gasteiger partial charge in [0.1, 0.15) is 0 Å². The minimum Gasteiger partial charge on any atom is -0.504 e. The molecule has 1 N–H and O–H groups in total. The molecule has 5 heteroatoms. The molecule has 1 heterocycles. The van der Waals surface area contributed by atoms with Crippen molar-refractivity contribution in [3.63, 3.8) is 0 Å². The van der Waals surface area contributed by atoms with Crippen molar-refractivity contribution in [3.8, 4) is 11.5 Å². The highest BCUT2D eigenvalue weighted by atomic mass is 16.5. The minimum atomic E-state index is 0.150. The van der Waals surface area contributed by atoms with Gasteiger partial charge in [-0.1, -0.05) is 24.3 Å². The van der Waals surface area contributed by atoms with Crippen molar-refractivity contribution in [2.75, 3.05) is 7.11 Å². The monoisotopic (exact) mass is 261 g/mol. The molecule has 0 aliphatic rings. The number of aromatic nitrogens is 3. The summed E-state index contributed by atoms with van der Waals surface area (Å²) in [6, 6.07) is 5.54. The molecule has 0 saturated carbocycles. The first-order chi connectivity index (χ1) is 9.15. The second-order valence-corrected chi connectivity index (χ2v) is 4.57. The van der Waals surface area contributed by atoms with E-state index in [0.29, 0.717) is 5.75 Å². The van der Waals surface area contributed by atoms with Crippen molar-refractivity contribution in [3.05, 3.63) is 35.7 Å². The molecule has 5 nitrogen and oxygen atoms in total. The van der Waals surface area contributed by atoms with Crippen LogP contribution in [0.5, 0.6) is 11.5 Å². The molecule has 0 saturated heterocycles. The van der Waals surface area contributed by atoms with E-state index in [1.54, 1.807) is 17.9 Å². The Balaban J connectivity index is 2.17. The van der Waals surface area contributed by atoms with Crippen LogP contribution in [-0.4, -0.2) is 27.2 Å². The molecule has 1 unspecified atom stereocenters. The smallest absolute Gasteiger partial charge is 0.161 e. The highest BCUT2D eigenvalue weighted by Gasteiger charge is 2.15. The summed E-state index contributed by atoms with van der Waals surface area (Å²) in [6.45, 7) is 4.89. The number of benzene rings is 1. The average molecular weight is 261 g/mol. The van der Waals surface area contributed by atoms with Gasteiger partial charge in [0.25, 0.3) is 0 Å². The predicted octanol–water partition coefficient (Wildman–Crippen LogP) is 2.36. The van der Waals surface area contributed by atoms with Crippen LogP contribution < -0.4 is 4.74 Å².